The van der Waals surface area contributed by atoms with E-state index in [0.29, 0.717) is 5.56 Å². The molecule has 0 aliphatic rings. The van der Waals surface area contributed by atoms with E-state index in [2.05, 4.69) is 20.4 Å². The predicted molar refractivity (Wildman–Crippen MR) is 74.3 cm³/mol. The molecule has 3 heterocycles. The maximum atomic E-state index is 12.4. The zero-order valence-electron chi connectivity index (χ0n) is 11.1. The van der Waals surface area contributed by atoms with Gasteiger partial charge in [-0.25, -0.2) is 9.50 Å². The zero-order valence-corrected chi connectivity index (χ0v) is 11.1. The van der Waals surface area contributed by atoms with Gasteiger partial charge in [0.05, 0.1) is 23.3 Å². The Kier molecular flexibility index (Phi) is 3.20. The van der Waals surface area contributed by atoms with Crippen LogP contribution in [0.25, 0.3) is 5.52 Å². The number of fused-ring (bicyclic) bond motifs is 1. The smallest absolute Gasteiger partial charge is 0.255 e. The van der Waals surface area contributed by atoms with E-state index in [9.17, 15) is 4.79 Å². The fourth-order valence-corrected chi connectivity index (χ4v) is 2.18. The zero-order chi connectivity index (χ0) is 13.9. The molecule has 0 radical (unpaired) electrons. The van der Waals surface area contributed by atoms with Crippen LogP contribution in [0.4, 0.5) is 0 Å². The molecule has 6 heteroatoms. The van der Waals surface area contributed by atoms with Crippen LogP contribution in [-0.4, -0.2) is 25.5 Å². The van der Waals surface area contributed by atoms with Crippen LogP contribution in [0.2, 0.25) is 0 Å². The van der Waals surface area contributed by atoms with Crippen molar-refractivity contribution in [1.82, 2.24) is 24.9 Å². The van der Waals surface area contributed by atoms with Crippen molar-refractivity contribution in [1.29, 1.82) is 0 Å². The number of hydrogen-bond donors (Lipinski definition) is 2. The SMILES string of the molecule is CCC(NC(=O)c1cnn2ccccc12)c1ncc[nH]1. The molecule has 0 saturated heterocycles. The average Bonchev–Trinajstić information content (AvgIpc) is 3.13. The molecule has 3 rings (SSSR count). The third-order valence-electron chi connectivity index (χ3n) is 3.23. The average molecular weight is 269 g/mol. The van der Waals surface area contributed by atoms with E-state index >= 15 is 0 Å². The number of amides is 1. The minimum atomic E-state index is -0.144. The van der Waals surface area contributed by atoms with Gasteiger partial charge in [-0.15, -0.1) is 0 Å². The van der Waals surface area contributed by atoms with E-state index in [4.69, 9.17) is 0 Å². The molecular formula is C14H15N5O. The Morgan fingerprint density at radius 3 is 3.15 bits per heavy atom. The van der Waals surface area contributed by atoms with Crippen molar-refractivity contribution >= 4 is 11.4 Å². The van der Waals surface area contributed by atoms with E-state index in [1.54, 1.807) is 23.1 Å². The summed E-state index contributed by atoms with van der Waals surface area (Å²) in [4.78, 5) is 19.6. The van der Waals surface area contributed by atoms with Crippen molar-refractivity contribution in [2.45, 2.75) is 19.4 Å². The second-order valence-electron chi connectivity index (χ2n) is 4.50. The minimum Gasteiger partial charge on any atom is -0.347 e. The number of carbonyl (C=O) groups is 1. The Labute approximate surface area is 115 Å². The predicted octanol–water partition coefficient (Wildman–Crippen LogP) is 1.94. The van der Waals surface area contributed by atoms with E-state index < -0.39 is 0 Å². The lowest BCUT2D eigenvalue weighted by atomic mass is 10.2. The molecule has 3 aromatic rings. The monoisotopic (exact) mass is 269 g/mol. The van der Waals surface area contributed by atoms with Crippen LogP contribution < -0.4 is 5.32 Å². The first-order valence-electron chi connectivity index (χ1n) is 6.52. The quantitative estimate of drug-likeness (QED) is 0.760. The number of rotatable bonds is 4. The lowest BCUT2D eigenvalue weighted by Gasteiger charge is -2.14. The topological polar surface area (TPSA) is 75.1 Å². The fourth-order valence-electron chi connectivity index (χ4n) is 2.18. The molecular weight excluding hydrogens is 254 g/mol. The molecule has 0 spiro atoms. The van der Waals surface area contributed by atoms with Crippen molar-refractivity contribution < 1.29 is 4.79 Å². The third-order valence-corrected chi connectivity index (χ3v) is 3.23. The lowest BCUT2D eigenvalue weighted by Crippen LogP contribution is -2.28. The second-order valence-corrected chi connectivity index (χ2v) is 4.50. The molecule has 0 saturated carbocycles. The van der Waals surface area contributed by atoms with E-state index in [-0.39, 0.29) is 11.9 Å². The Morgan fingerprint density at radius 2 is 2.40 bits per heavy atom. The van der Waals surface area contributed by atoms with Gasteiger partial charge in [0.1, 0.15) is 5.82 Å². The van der Waals surface area contributed by atoms with Crippen molar-refractivity contribution in [3.05, 3.63) is 54.4 Å². The van der Waals surface area contributed by atoms with Gasteiger partial charge in [-0.2, -0.15) is 5.10 Å². The Bertz CT molecular complexity index is 716. The summed E-state index contributed by atoms with van der Waals surface area (Å²) in [6.45, 7) is 2.00. The highest BCUT2D eigenvalue weighted by molar-refractivity contribution is 6.00. The number of carbonyl (C=O) groups excluding carboxylic acids is 1. The largest absolute Gasteiger partial charge is 0.347 e. The number of pyridine rings is 1. The van der Waals surface area contributed by atoms with E-state index in [1.165, 1.54) is 0 Å². The highest BCUT2D eigenvalue weighted by Crippen LogP contribution is 2.15. The van der Waals surface area contributed by atoms with Gasteiger partial charge >= 0.3 is 0 Å². The van der Waals surface area contributed by atoms with Crippen molar-refractivity contribution in [3.8, 4) is 0 Å². The summed E-state index contributed by atoms with van der Waals surface area (Å²) >= 11 is 0. The summed E-state index contributed by atoms with van der Waals surface area (Å²) < 4.78 is 1.68. The molecule has 0 aliphatic carbocycles. The maximum absolute atomic E-state index is 12.4. The summed E-state index contributed by atoms with van der Waals surface area (Å²) in [6.07, 6.45) is 7.59. The van der Waals surface area contributed by atoms with Gasteiger partial charge in [0, 0.05) is 18.6 Å². The molecule has 2 N–H and O–H groups in total. The number of imidazole rings is 1. The van der Waals surface area contributed by atoms with Crippen molar-refractivity contribution in [3.63, 3.8) is 0 Å². The molecule has 1 unspecified atom stereocenters. The Balaban J connectivity index is 1.85. The lowest BCUT2D eigenvalue weighted by molar-refractivity contribution is 0.0935. The summed E-state index contributed by atoms with van der Waals surface area (Å²) in [7, 11) is 0. The fraction of sp³-hybridized carbons (Fsp3) is 0.214. The molecule has 0 fully saturated rings. The van der Waals surface area contributed by atoms with Crippen molar-refractivity contribution in [2.75, 3.05) is 0 Å². The highest BCUT2D eigenvalue weighted by Gasteiger charge is 2.18. The number of aromatic nitrogens is 4. The van der Waals surface area contributed by atoms with E-state index in [1.807, 2.05) is 31.3 Å². The van der Waals surface area contributed by atoms with Crippen LogP contribution in [0.1, 0.15) is 35.6 Å². The van der Waals surface area contributed by atoms with Crippen LogP contribution in [0.15, 0.2) is 43.0 Å². The molecule has 1 amide bonds. The summed E-state index contributed by atoms with van der Waals surface area (Å²) in [5.41, 5.74) is 1.36. The van der Waals surface area contributed by atoms with Crippen LogP contribution in [-0.2, 0) is 0 Å². The Morgan fingerprint density at radius 1 is 1.50 bits per heavy atom. The summed E-state index contributed by atoms with van der Waals surface area (Å²) in [5, 5.41) is 7.15. The maximum Gasteiger partial charge on any atom is 0.255 e. The molecule has 0 bridgehead atoms. The normalized spacial score (nSPS) is 12.4. The molecule has 102 valence electrons. The van der Waals surface area contributed by atoms with Gasteiger partial charge in [-0.1, -0.05) is 13.0 Å². The van der Waals surface area contributed by atoms with Crippen LogP contribution in [0.3, 0.4) is 0 Å². The summed E-state index contributed by atoms with van der Waals surface area (Å²) in [5.74, 6) is 0.617. The van der Waals surface area contributed by atoms with Gasteiger partial charge in [0.15, 0.2) is 0 Å². The molecule has 6 nitrogen and oxygen atoms in total. The van der Waals surface area contributed by atoms with E-state index in [0.717, 1.165) is 17.8 Å². The number of hydrogen-bond acceptors (Lipinski definition) is 3. The van der Waals surface area contributed by atoms with Gasteiger partial charge in [-0.3, -0.25) is 4.79 Å². The molecule has 1 atom stereocenters. The number of aromatic amines is 1. The van der Waals surface area contributed by atoms with Gasteiger partial charge in [-0.05, 0) is 18.6 Å². The highest BCUT2D eigenvalue weighted by atomic mass is 16.1. The van der Waals surface area contributed by atoms with Gasteiger partial charge in [0.2, 0.25) is 0 Å². The van der Waals surface area contributed by atoms with Gasteiger partial charge in [0.25, 0.3) is 5.91 Å². The van der Waals surface area contributed by atoms with Crippen LogP contribution in [0.5, 0.6) is 0 Å². The number of nitrogens with one attached hydrogen (secondary N) is 2. The first-order valence-corrected chi connectivity index (χ1v) is 6.52. The standard InChI is InChI=1S/C14H15N5O/c1-2-11(13-15-6-7-16-13)18-14(20)10-9-17-19-8-4-3-5-12(10)19/h3-9,11H,2H2,1H3,(H,15,16)(H,18,20). The minimum absolute atomic E-state index is 0.129. The molecule has 20 heavy (non-hydrogen) atoms. The van der Waals surface area contributed by atoms with Gasteiger partial charge < -0.3 is 10.3 Å². The third kappa shape index (κ3) is 2.16. The van der Waals surface area contributed by atoms with Crippen LogP contribution in [0, 0.1) is 0 Å². The number of H-pyrrole nitrogens is 1. The Hall–Kier alpha value is -2.63. The molecule has 0 aliphatic heterocycles. The first-order chi connectivity index (χ1) is 9.79. The molecule has 0 aromatic carbocycles. The first kappa shape index (κ1) is 12.4. The van der Waals surface area contributed by atoms with Crippen LogP contribution >= 0.6 is 0 Å². The summed E-state index contributed by atoms with van der Waals surface area (Å²) in [6, 6.07) is 5.50. The molecule has 3 aromatic heterocycles. The number of nitrogens with zero attached hydrogens (tertiary/aromatic N) is 3. The second kappa shape index (κ2) is 5.16. The van der Waals surface area contributed by atoms with Crippen molar-refractivity contribution in [2.24, 2.45) is 0 Å².